The van der Waals surface area contributed by atoms with Crippen LogP contribution in [0.2, 0.25) is 0 Å². The van der Waals surface area contributed by atoms with E-state index in [0.717, 1.165) is 35.3 Å². The first-order valence-electron chi connectivity index (χ1n) is 11.5. The fourth-order valence-corrected chi connectivity index (χ4v) is 5.92. The molecule has 0 saturated carbocycles. The number of para-hydroxylation sites is 2. The Labute approximate surface area is 205 Å². The zero-order valence-corrected chi connectivity index (χ0v) is 20.2. The highest BCUT2D eigenvalue weighted by atomic mass is 32.2. The minimum absolute atomic E-state index is 0.178. The van der Waals surface area contributed by atoms with Gasteiger partial charge in [-0.25, -0.2) is 13.1 Å². The standard InChI is InChI=1S/C27H26N4O3S/c1-29(19-21-18-28-30(20-21)24-10-3-2-4-11-24)27(32)23-13-15-25(16-14-23)35(33,34)31-17-7-9-22-8-5-6-12-26(22)31/h2-6,8,10-16,18,20H,7,9,17,19H2,1H3. The summed E-state index contributed by atoms with van der Waals surface area (Å²) in [5.41, 5.74) is 4.04. The number of rotatable bonds is 6. The van der Waals surface area contributed by atoms with E-state index >= 15 is 0 Å². The van der Waals surface area contributed by atoms with Gasteiger partial charge in [-0.05, 0) is 60.9 Å². The molecular formula is C27H26N4O3S. The smallest absolute Gasteiger partial charge is 0.264 e. The highest BCUT2D eigenvalue weighted by Gasteiger charge is 2.29. The summed E-state index contributed by atoms with van der Waals surface area (Å²) in [5, 5.41) is 4.38. The molecule has 1 aliphatic rings. The minimum atomic E-state index is -3.71. The first-order valence-corrected chi connectivity index (χ1v) is 12.9. The average molecular weight is 487 g/mol. The van der Waals surface area contributed by atoms with E-state index < -0.39 is 10.0 Å². The van der Waals surface area contributed by atoms with E-state index in [4.69, 9.17) is 0 Å². The molecule has 1 amide bonds. The number of carbonyl (C=O) groups is 1. The Morgan fingerprint density at radius 1 is 0.971 bits per heavy atom. The van der Waals surface area contributed by atoms with Gasteiger partial charge >= 0.3 is 0 Å². The molecule has 5 rings (SSSR count). The van der Waals surface area contributed by atoms with Gasteiger partial charge in [0.1, 0.15) is 0 Å². The maximum Gasteiger partial charge on any atom is 0.264 e. The largest absolute Gasteiger partial charge is 0.337 e. The minimum Gasteiger partial charge on any atom is -0.337 e. The van der Waals surface area contributed by atoms with Gasteiger partial charge in [-0.15, -0.1) is 0 Å². The molecule has 0 atom stereocenters. The Hall–Kier alpha value is -3.91. The second kappa shape index (κ2) is 9.38. The zero-order valence-electron chi connectivity index (χ0n) is 19.4. The van der Waals surface area contributed by atoms with Crippen molar-refractivity contribution in [1.29, 1.82) is 0 Å². The Bertz CT molecular complexity index is 1450. The summed E-state index contributed by atoms with van der Waals surface area (Å²) in [5.74, 6) is -0.190. The predicted octanol–water partition coefficient (Wildman–Crippen LogP) is 4.29. The Balaban J connectivity index is 1.30. The SMILES string of the molecule is CN(Cc1cnn(-c2ccccc2)c1)C(=O)c1ccc(S(=O)(=O)N2CCCc3ccccc32)cc1. The quantitative estimate of drug-likeness (QED) is 0.408. The molecule has 0 N–H and O–H groups in total. The summed E-state index contributed by atoms with van der Waals surface area (Å²) < 4.78 is 29.9. The molecule has 178 valence electrons. The van der Waals surface area contributed by atoms with Gasteiger partial charge in [0.05, 0.1) is 22.5 Å². The van der Waals surface area contributed by atoms with E-state index in [0.29, 0.717) is 18.7 Å². The van der Waals surface area contributed by atoms with Crippen molar-refractivity contribution in [2.45, 2.75) is 24.3 Å². The maximum atomic E-state index is 13.3. The van der Waals surface area contributed by atoms with E-state index in [1.807, 2.05) is 60.8 Å². The van der Waals surface area contributed by atoms with Crippen molar-refractivity contribution in [1.82, 2.24) is 14.7 Å². The van der Waals surface area contributed by atoms with Crippen LogP contribution < -0.4 is 4.31 Å². The van der Waals surface area contributed by atoms with Gasteiger partial charge < -0.3 is 4.90 Å². The second-order valence-corrected chi connectivity index (χ2v) is 10.5. The lowest BCUT2D eigenvalue weighted by molar-refractivity contribution is 0.0785. The highest BCUT2D eigenvalue weighted by Crippen LogP contribution is 2.31. The number of aromatic nitrogens is 2. The van der Waals surface area contributed by atoms with Crippen molar-refractivity contribution < 1.29 is 13.2 Å². The van der Waals surface area contributed by atoms with E-state index in [-0.39, 0.29) is 10.8 Å². The van der Waals surface area contributed by atoms with Gasteiger partial charge in [-0.1, -0.05) is 36.4 Å². The molecule has 1 aromatic heterocycles. The summed E-state index contributed by atoms with van der Waals surface area (Å²) in [6.07, 6.45) is 5.28. The third-order valence-electron chi connectivity index (χ3n) is 6.18. The molecular weight excluding hydrogens is 460 g/mol. The molecule has 1 aliphatic heterocycles. The van der Waals surface area contributed by atoms with Crippen molar-refractivity contribution in [2.75, 3.05) is 17.9 Å². The lowest BCUT2D eigenvalue weighted by atomic mass is 10.0. The molecule has 0 radical (unpaired) electrons. The number of fused-ring (bicyclic) bond motifs is 1. The zero-order chi connectivity index (χ0) is 24.4. The van der Waals surface area contributed by atoms with Crippen LogP contribution in [-0.4, -0.2) is 42.6 Å². The number of carbonyl (C=O) groups excluding carboxylic acids is 1. The molecule has 8 heteroatoms. The van der Waals surface area contributed by atoms with Crippen LogP contribution in [0.25, 0.3) is 5.69 Å². The number of benzene rings is 3. The van der Waals surface area contributed by atoms with E-state index in [1.54, 1.807) is 35.0 Å². The third-order valence-corrected chi connectivity index (χ3v) is 8.01. The molecule has 7 nitrogen and oxygen atoms in total. The number of anilines is 1. The third kappa shape index (κ3) is 4.57. The highest BCUT2D eigenvalue weighted by molar-refractivity contribution is 7.92. The lowest BCUT2D eigenvalue weighted by Crippen LogP contribution is -2.35. The first kappa shape index (κ1) is 22.9. The monoisotopic (exact) mass is 486 g/mol. The van der Waals surface area contributed by atoms with Crippen LogP contribution in [0.1, 0.15) is 27.9 Å². The summed E-state index contributed by atoms with van der Waals surface area (Å²) >= 11 is 0. The molecule has 2 heterocycles. The fraction of sp³-hybridized carbons (Fsp3) is 0.185. The van der Waals surface area contributed by atoms with Gasteiger partial charge in [-0.2, -0.15) is 5.10 Å². The molecule has 3 aromatic carbocycles. The number of sulfonamides is 1. The van der Waals surface area contributed by atoms with Crippen LogP contribution in [0.5, 0.6) is 0 Å². The van der Waals surface area contributed by atoms with Crippen molar-refractivity contribution in [3.63, 3.8) is 0 Å². The Kier molecular flexibility index (Phi) is 6.13. The van der Waals surface area contributed by atoms with Gasteiger partial charge in [0.2, 0.25) is 0 Å². The predicted molar refractivity (Wildman–Crippen MR) is 135 cm³/mol. The molecule has 35 heavy (non-hydrogen) atoms. The Morgan fingerprint density at radius 2 is 1.69 bits per heavy atom. The van der Waals surface area contributed by atoms with E-state index in [2.05, 4.69) is 5.10 Å². The summed E-state index contributed by atoms with van der Waals surface area (Å²) in [6, 6.07) is 23.5. The first-order chi connectivity index (χ1) is 16.9. The van der Waals surface area contributed by atoms with Gasteiger partial charge in [0, 0.05) is 37.5 Å². The van der Waals surface area contributed by atoms with Crippen molar-refractivity contribution in [2.24, 2.45) is 0 Å². The van der Waals surface area contributed by atoms with Crippen LogP contribution in [0.15, 0.2) is 96.2 Å². The number of hydrogen-bond acceptors (Lipinski definition) is 4. The number of amides is 1. The summed E-state index contributed by atoms with van der Waals surface area (Å²) in [6.45, 7) is 0.829. The van der Waals surface area contributed by atoms with Crippen LogP contribution >= 0.6 is 0 Å². The lowest BCUT2D eigenvalue weighted by Gasteiger charge is -2.30. The van der Waals surface area contributed by atoms with Crippen LogP contribution in [-0.2, 0) is 23.0 Å². The van der Waals surface area contributed by atoms with Crippen molar-refractivity contribution >= 4 is 21.6 Å². The van der Waals surface area contributed by atoms with Crippen LogP contribution in [0, 0.1) is 0 Å². The molecule has 0 unspecified atom stereocenters. The number of nitrogens with zero attached hydrogens (tertiary/aromatic N) is 4. The molecule has 0 aliphatic carbocycles. The summed E-state index contributed by atoms with van der Waals surface area (Å²) in [7, 11) is -1.99. The fourth-order valence-electron chi connectivity index (χ4n) is 4.38. The van der Waals surface area contributed by atoms with E-state index in [1.165, 1.54) is 16.4 Å². The Morgan fingerprint density at radius 3 is 2.46 bits per heavy atom. The van der Waals surface area contributed by atoms with Gasteiger partial charge in [-0.3, -0.25) is 9.10 Å². The summed E-state index contributed by atoms with van der Waals surface area (Å²) in [4.78, 5) is 14.8. The van der Waals surface area contributed by atoms with Gasteiger partial charge in [0.15, 0.2) is 0 Å². The molecule has 0 spiro atoms. The molecule has 0 saturated heterocycles. The number of hydrogen-bond donors (Lipinski definition) is 0. The average Bonchev–Trinajstić information content (AvgIpc) is 3.37. The molecule has 0 bridgehead atoms. The number of aryl methyl sites for hydroxylation is 1. The maximum absolute atomic E-state index is 13.3. The van der Waals surface area contributed by atoms with Crippen molar-refractivity contribution in [3.8, 4) is 5.69 Å². The molecule has 0 fully saturated rings. The second-order valence-electron chi connectivity index (χ2n) is 8.62. The van der Waals surface area contributed by atoms with Crippen LogP contribution in [0.4, 0.5) is 5.69 Å². The van der Waals surface area contributed by atoms with E-state index in [9.17, 15) is 13.2 Å². The van der Waals surface area contributed by atoms with Crippen LogP contribution in [0.3, 0.4) is 0 Å². The van der Waals surface area contributed by atoms with Crippen molar-refractivity contribution in [3.05, 3.63) is 108 Å². The topological polar surface area (TPSA) is 75.5 Å². The molecule has 4 aromatic rings. The normalized spacial score (nSPS) is 13.3. The van der Waals surface area contributed by atoms with Gasteiger partial charge in [0.25, 0.3) is 15.9 Å².